The van der Waals surface area contributed by atoms with Gasteiger partial charge in [0.2, 0.25) is 0 Å². The molecule has 29 heavy (non-hydrogen) atoms. The third-order valence-corrected chi connectivity index (χ3v) is 6.05. The second-order valence-corrected chi connectivity index (χ2v) is 9.11. The van der Waals surface area contributed by atoms with Crippen molar-refractivity contribution >= 4 is 25.8 Å². The maximum absolute atomic E-state index is 14.3. The van der Waals surface area contributed by atoms with Crippen LogP contribution in [0.2, 0.25) is 0 Å². The molecular weight excluding hydrogens is 483 g/mol. The van der Waals surface area contributed by atoms with E-state index < -0.39 is 43.9 Å². The van der Waals surface area contributed by atoms with Gasteiger partial charge in [0.15, 0.2) is 15.5 Å². The summed E-state index contributed by atoms with van der Waals surface area (Å²) in [6.45, 7) is 1.78. The van der Waals surface area contributed by atoms with Gasteiger partial charge in [0.05, 0.1) is 11.4 Å². The van der Waals surface area contributed by atoms with Crippen LogP contribution in [0, 0.1) is 18.6 Å². The number of benzene rings is 2. The van der Waals surface area contributed by atoms with Gasteiger partial charge in [0.1, 0.15) is 16.5 Å². The zero-order valence-electron chi connectivity index (χ0n) is 14.9. The maximum Gasteiger partial charge on any atom is 0.435 e. The van der Waals surface area contributed by atoms with Gasteiger partial charge in [0, 0.05) is 28.4 Å². The van der Waals surface area contributed by atoms with Crippen LogP contribution in [-0.2, 0) is 16.0 Å². The molecule has 2 aromatic carbocycles. The molecule has 1 heterocycles. The Hall–Kier alpha value is -2.27. The van der Waals surface area contributed by atoms with Gasteiger partial charge in [-0.2, -0.15) is 18.3 Å². The molecule has 3 aromatic rings. The van der Waals surface area contributed by atoms with Crippen LogP contribution in [0.5, 0.6) is 0 Å². The molecule has 11 heteroatoms. The molecule has 0 spiro atoms. The average molecular weight is 495 g/mol. The summed E-state index contributed by atoms with van der Waals surface area (Å²) in [4.78, 5) is -1.16. The zero-order chi connectivity index (χ0) is 21.7. The smallest absolute Gasteiger partial charge is 0.232 e. The van der Waals surface area contributed by atoms with E-state index in [4.69, 9.17) is 0 Å². The van der Waals surface area contributed by atoms with Crippen molar-refractivity contribution in [3.63, 3.8) is 0 Å². The summed E-state index contributed by atoms with van der Waals surface area (Å²) in [5, 5.41) is 3.45. The lowest BCUT2D eigenvalue weighted by atomic mass is 10.1. The minimum absolute atomic E-state index is 0.0797. The Morgan fingerprint density at radius 2 is 1.62 bits per heavy atom. The van der Waals surface area contributed by atoms with Gasteiger partial charge in [-0.3, -0.25) is 0 Å². The molecule has 0 atom stereocenters. The second kappa shape index (κ2) is 7.21. The molecule has 0 aliphatic carbocycles. The number of sulfone groups is 1. The van der Waals surface area contributed by atoms with Gasteiger partial charge in [-0.15, -0.1) is 0 Å². The first-order valence-corrected chi connectivity index (χ1v) is 10.6. The van der Waals surface area contributed by atoms with E-state index in [-0.39, 0.29) is 5.69 Å². The Bertz CT molecular complexity index is 1200. The molecule has 0 N–H and O–H groups in total. The molecule has 3 rings (SSSR count). The van der Waals surface area contributed by atoms with Gasteiger partial charge in [-0.25, -0.2) is 21.9 Å². The fraction of sp³-hybridized carbons (Fsp3) is 0.167. The van der Waals surface area contributed by atoms with E-state index in [9.17, 15) is 30.4 Å². The molecule has 0 aliphatic rings. The van der Waals surface area contributed by atoms with Gasteiger partial charge < -0.3 is 0 Å². The Balaban J connectivity index is 2.29. The molecule has 0 saturated carbocycles. The summed E-state index contributed by atoms with van der Waals surface area (Å²) in [6, 6.07) is 6.72. The van der Waals surface area contributed by atoms with Crippen LogP contribution in [0.15, 0.2) is 45.8 Å². The molecule has 154 valence electrons. The van der Waals surface area contributed by atoms with Crippen LogP contribution in [0.3, 0.4) is 0 Å². The molecule has 0 radical (unpaired) electrons. The van der Waals surface area contributed by atoms with Crippen molar-refractivity contribution in [2.45, 2.75) is 18.0 Å². The highest BCUT2D eigenvalue weighted by Gasteiger charge is 2.35. The van der Waals surface area contributed by atoms with Crippen molar-refractivity contribution in [1.82, 2.24) is 9.78 Å². The molecule has 0 unspecified atom stereocenters. The van der Waals surface area contributed by atoms with Crippen LogP contribution >= 0.6 is 15.9 Å². The highest BCUT2D eigenvalue weighted by atomic mass is 79.9. The molecule has 4 nitrogen and oxygen atoms in total. The van der Waals surface area contributed by atoms with Crippen molar-refractivity contribution in [2.75, 3.05) is 6.26 Å². The van der Waals surface area contributed by atoms with Crippen LogP contribution in [0.25, 0.3) is 16.9 Å². The van der Waals surface area contributed by atoms with Crippen LogP contribution in [0.1, 0.15) is 11.3 Å². The molecule has 0 fully saturated rings. The number of hydrogen-bond donors (Lipinski definition) is 0. The lowest BCUT2D eigenvalue weighted by Crippen LogP contribution is -2.10. The van der Waals surface area contributed by atoms with Gasteiger partial charge in [-0.05, 0) is 24.6 Å². The van der Waals surface area contributed by atoms with Gasteiger partial charge >= 0.3 is 6.18 Å². The summed E-state index contributed by atoms with van der Waals surface area (Å²) >= 11 is 3.29. The highest BCUT2D eigenvalue weighted by molar-refractivity contribution is 9.10. The molecule has 0 amide bonds. The molecule has 0 bridgehead atoms. The quantitative estimate of drug-likeness (QED) is 0.463. The number of aryl methyl sites for hydroxylation is 1. The van der Waals surface area contributed by atoms with Crippen LogP contribution in [-0.4, -0.2) is 24.5 Å². The fourth-order valence-electron chi connectivity index (χ4n) is 2.70. The third-order valence-electron chi connectivity index (χ3n) is 4.07. The molecule has 0 saturated heterocycles. The normalized spacial score (nSPS) is 12.4. The minimum Gasteiger partial charge on any atom is -0.232 e. The van der Waals surface area contributed by atoms with Crippen molar-refractivity contribution in [3.05, 3.63) is 63.8 Å². The van der Waals surface area contributed by atoms with Crippen molar-refractivity contribution < 1.29 is 30.4 Å². The predicted molar refractivity (Wildman–Crippen MR) is 99.5 cm³/mol. The van der Waals surface area contributed by atoms with Crippen molar-refractivity contribution in [3.8, 4) is 16.9 Å². The average Bonchev–Trinajstić information content (AvgIpc) is 3.01. The number of aromatic nitrogens is 2. The first-order chi connectivity index (χ1) is 13.3. The van der Waals surface area contributed by atoms with Crippen molar-refractivity contribution in [1.29, 1.82) is 0 Å². The third kappa shape index (κ3) is 4.20. The number of alkyl halides is 3. The maximum atomic E-state index is 14.3. The lowest BCUT2D eigenvalue weighted by molar-refractivity contribution is -0.141. The number of hydrogen-bond acceptors (Lipinski definition) is 3. The molecule has 1 aromatic heterocycles. The first kappa shape index (κ1) is 21.4. The summed E-state index contributed by atoms with van der Waals surface area (Å²) in [5.74, 6) is -2.86. The summed E-state index contributed by atoms with van der Waals surface area (Å²) in [6.07, 6.45) is -4.18. The van der Waals surface area contributed by atoms with E-state index in [1.54, 1.807) is 19.1 Å². The summed E-state index contributed by atoms with van der Waals surface area (Å²) in [5.41, 5.74) is -0.611. The van der Waals surface area contributed by atoms with Gasteiger partial charge in [0.25, 0.3) is 0 Å². The SMILES string of the molecule is Cc1ccc(-c2cc(C(F)(F)F)nn2-c2cc(F)c(S(C)(=O)=O)c(F)c2)cc1Br. The van der Waals surface area contributed by atoms with Crippen LogP contribution < -0.4 is 0 Å². The predicted octanol–water partition coefficient (Wildman–Crippen LogP) is 5.31. The van der Waals surface area contributed by atoms with E-state index in [0.717, 1.165) is 16.3 Å². The monoisotopic (exact) mass is 494 g/mol. The molecule has 0 aliphatic heterocycles. The first-order valence-electron chi connectivity index (χ1n) is 7.92. The summed E-state index contributed by atoms with van der Waals surface area (Å²) < 4.78 is 92.7. The van der Waals surface area contributed by atoms with E-state index in [0.29, 0.717) is 28.4 Å². The number of halogens is 6. The van der Waals surface area contributed by atoms with Gasteiger partial charge in [-0.1, -0.05) is 28.1 Å². The fourth-order valence-corrected chi connectivity index (χ4v) is 3.90. The minimum atomic E-state index is -4.80. The second-order valence-electron chi connectivity index (χ2n) is 6.30. The zero-order valence-corrected chi connectivity index (χ0v) is 17.3. The van der Waals surface area contributed by atoms with E-state index in [2.05, 4.69) is 21.0 Å². The standard InChI is InChI=1S/C18H12BrF5N2O2S/c1-9-3-4-10(5-12(9)19)15-8-16(18(22,23)24)25-26(15)11-6-13(20)17(14(21)7-11)29(2,27)28/h3-8H,1-2H3. The van der Waals surface area contributed by atoms with E-state index in [1.807, 2.05) is 0 Å². The Morgan fingerprint density at radius 1 is 1.03 bits per heavy atom. The highest BCUT2D eigenvalue weighted by Crippen LogP contribution is 2.35. The topological polar surface area (TPSA) is 52.0 Å². The van der Waals surface area contributed by atoms with E-state index in [1.165, 1.54) is 6.07 Å². The summed E-state index contributed by atoms with van der Waals surface area (Å²) in [7, 11) is -4.22. The largest absolute Gasteiger partial charge is 0.435 e. The number of rotatable bonds is 3. The van der Waals surface area contributed by atoms with E-state index >= 15 is 0 Å². The molecular formula is C18H12BrF5N2O2S. The Labute approximate surface area is 171 Å². The number of nitrogens with zero attached hydrogens (tertiary/aromatic N) is 2. The van der Waals surface area contributed by atoms with Crippen molar-refractivity contribution in [2.24, 2.45) is 0 Å². The Morgan fingerprint density at radius 3 is 2.10 bits per heavy atom. The lowest BCUT2D eigenvalue weighted by Gasteiger charge is -2.11. The van der Waals surface area contributed by atoms with Crippen LogP contribution in [0.4, 0.5) is 22.0 Å². The Kier molecular flexibility index (Phi) is 5.33.